The number of ether oxygens (including phenoxy) is 1. The minimum Gasteiger partial charge on any atom is -0.452 e. The number of amides is 1. The van der Waals surface area contributed by atoms with Gasteiger partial charge in [0.25, 0.3) is 5.91 Å². The molecule has 1 amide bonds. The minimum atomic E-state index is -1.19. The molecular formula is C31H30F2N6O3S. The van der Waals surface area contributed by atoms with E-state index in [9.17, 15) is 14.3 Å². The zero-order chi connectivity index (χ0) is 30.7. The second-order valence-electron chi connectivity index (χ2n) is 10.0. The Morgan fingerprint density at radius 1 is 1.21 bits per heavy atom. The highest BCUT2D eigenvalue weighted by molar-refractivity contribution is 8.12. The van der Waals surface area contributed by atoms with Gasteiger partial charge in [0.2, 0.25) is 6.35 Å². The maximum Gasteiger partial charge on any atom is 0.259 e. The summed E-state index contributed by atoms with van der Waals surface area (Å²) in [5.74, 6) is -0.741. The van der Waals surface area contributed by atoms with E-state index >= 15 is 4.39 Å². The van der Waals surface area contributed by atoms with Gasteiger partial charge in [-0.05, 0) is 74.2 Å². The normalized spacial score (nSPS) is 18.5. The number of nitrogens with one attached hydrogen (secondary N) is 1. The van der Waals surface area contributed by atoms with Crippen molar-refractivity contribution in [1.29, 1.82) is 0 Å². The van der Waals surface area contributed by atoms with Crippen molar-refractivity contribution in [2.45, 2.75) is 32.3 Å². The Balaban J connectivity index is 1.37. The van der Waals surface area contributed by atoms with Gasteiger partial charge in [0.05, 0.1) is 22.9 Å². The van der Waals surface area contributed by atoms with Gasteiger partial charge in [-0.1, -0.05) is 6.58 Å². The molecule has 222 valence electrons. The first-order chi connectivity index (χ1) is 20.7. The molecule has 0 spiro atoms. The molecule has 12 heteroatoms. The molecule has 0 aliphatic carbocycles. The number of nitrogens with zero attached hydrogens (tertiary/aromatic N) is 4. The molecule has 2 atom stereocenters. The summed E-state index contributed by atoms with van der Waals surface area (Å²) in [4.78, 5) is 25.2. The van der Waals surface area contributed by atoms with Crippen molar-refractivity contribution < 1.29 is 23.4 Å². The summed E-state index contributed by atoms with van der Waals surface area (Å²) in [5, 5.41) is 13.7. The number of carbonyl (C=O) groups excluding carboxylic acids is 1. The van der Waals surface area contributed by atoms with Crippen LogP contribution in [0.5, 0.6) is 11.5 Å². The van der Waals surface area contributed by atoms with Gasteiger partial charge in [-0.2, -0.15) is 0 Å². The van der Waals surface area contributed by atoms with Crippen molar-refractivity contribution in [3.63, 3.8) is 0 Å². The average Bonchev–Trinajstić information content (AvgIpc) is 3.51. The fourth-order valence-corrected chi connectivity index (χ4v) is 5.37. The maximum atomic E-state index is 15.3. The van der Waals surface area contributed by atoms with Crippen LogP contribution in [-0.2, 0) is 4.79 Å². The van der Waals surface area contributed by atoms with Gasteiger partial charge in [-0.15, -0.1) is 11.8 Å². The summed E-state index contributed by atoms with van der Waals surface area (Å²) >= 11 is 1.59. The van der Waals surface area contributed by atoms with Crippen LogP contribution in [0.1, 0.15) is 31.1 Å². The number of benzene rings is 2. The lowest BCUT2D eigenvalue weighted by Crippen LogP contribution is -2.52. The van der Waals surface area contributed by atoms with E-state index in [1.54, 1.807) is 40.5 Å². The van der Waals surface area contributed by atoms with E-state index in [0.717, 1.165) is 17.4 Å². The smallest absolute Gasteiger partial charge is 0.259 e. The molecule has 3 aromatic rings. The quantitative estimate of drug-likeness (QED) is 0.298. The van der Waals surface area contributed by atoms with E-state index in [1.165, 1.54) is 53.7 Å². The molecular weight excluding hydrogens is 574 g/mol. The number of anilines is 2. The first-order valence-electron chi connectivity index (χ1n) is 13.4. The minimum absolute atomic E-state index is 0.0752. The number of halogens is 2. The third-order valence-electron chi connectivity index (χ3n) is 6.84. The van der Waals surface area contributed by atoms with Gasteiger partial charge in [-0.25, -0.2) is 8.78 Å². The van der Waals surface area contributed by atoms with Crippen molar-refractivity contribution in [2.24, 2.45) is 10.7 Å². The van der Waals surface area contributed by atoms with Gasteiger partial charge >= 0.3 is 0 Å². The van der Waals surface area contributed by atoms with E-state index in [2.05, 4.69) is 21.9 Å². The molecule has 0 radical (unpaired) electrons. The lowest BCUT2D eigenvalue weighted by Gasteiger charge is -2.44. The van der Waals surface area contributed by atoms with Crippen LogP contribution in [0.2, 0.25) is 0 Å². The van der Waals surface area contributed by atoms with Crippen molar-refractivity contribution in [3.8, 4) is 11.5 Å². The van der Waals surface area contributed by atoms with Crippen LogP contribution in [0.25, 0.3) is 6.08 Å². The second kappa shape index (κ2) is 12.7. The Hall–Kier alpha value is -4.68. The van der Waals surface area contributed by atoms with Crippen LogP contribution >= 0.6 is 11.8 Å². The number of carbonyl (C=O) groups is 1. The molecule has 4 N–H and O–H groups in total. The lowest BCUT2D eigenvalue weighted by atomic mass is 10.1. The second-order valence-corrected chi connectivity index (χ2v) is 10.9. The van der Waals surface area contributed by atoms with Gasteiger partial charge in [0.1, 0.15) is 11.5 Å². The van der Waals surface area contributed by atoms with E-state index in [1.807, 2.05) is 13.8 Å². The van der Waals surface area contributed by atoms with Crippen molar-refractivity contribution in [3.05, 3.63) is 108 Å². The van der Waals surface area contributed by atoms with E-state index in [0.29, 0.717) is 17.1 Å². The topological polar surface area (TPSA) is 116 Å². The van der Waals surface area contributed by atoms with Gasteiger partial charge in [0, 0.05) is 41.6 Å². The van der Waals surface area contributed by atoms with Gasteiger partial charge in [0.15, 0.2) is 17.3 Å². The number of aliphatic imine (C=N–C) groups is 1. The maximum absolute atomic E-state index is 15.3. The third kappa shape index (κ3) is 6.40. The molecule has 1 aromatic heterocycles. The van der Waals surface area contributed by atoms with Crippen LogP contribution in [0.4, 0.5) is 20.2 Å². The van der Waals surface area contributed by atoms with Crippen LogP contribution in [0.15, 0.2) is 90.0 Å². The molecule has 5 rings (SSSR count). The molecule has 2 unspecified atom stereocenters. The highest BCUT2D eigenvalue weighted by Gasteiger charge is 2.34. The van der Waals surface area contributed by atoms with Crippen LogP contribution in [0.3, 0.4) is 0 Å². The average molecular weight is 605 g/mol. The number of hydrogen-bond acceptors (Lipinski definition) is 9. The number of rotatable bonds is 8. The van der Waals surface area contributed by atoms with Crippen molar-refractivity contribution >= 4 is 40.7 Å². The molecule has 2 aliphatic heterocycles. The summed E-state index contributed by atoms with van der Waals surface area (Å²) < 4.78 is 34.8. The fourth-order valence-electron chi connectivity index (χ4n) is 4.59. The number of aromatic nitrogens is 1. The van der Waals surface area contributed by atoms with E-state index in [4.69, 9.17) is 10.5 Å². The molecule has 0 saturated heterocycles. The predicted octanol–water partition coefficient (Wildman–Crippen LogP) is 5.74. The first kappa shape index (κ1) is 29.8. The summed E-state index contributed by atoms with van der Waals surface area (Å²) in [6, 6.07) is 11.0. The zero-order valence-corrected chi connectivity index (χ0v) is 24.3. The number of pyridine rings is 1. The molecule has 2 aliphatic rings. The molecule has 43 heavy (non-hydrogen) atoms. The fraction of sp³-hybridized carbons (Fsp3) is 0.194. The van der Waals surface area contributed by atoms with Crippen LogP contribution in [0, 0.1) is 11.6 Å². The standard InChI is InChI=1S/C31H30F2N6O3S/c1-18(2)38-15-24(19(3)39(31(38)41)23-7-4-21(32)5-8-23)30(40)37-22-6-9-28(25(33)13-22)42-29-12-20(27-16-43-17-36-27)14-35-26(29)10-11-34/h4-15,17-18,27,31,41H,3,16,34H2,1-2H3,(H,37,40). The van der Waals surface area contributed by atoms with Gasteiger partial charge in [-0.3, -0.25) is 19.7 Å². The highest BCUT2D eigenvalue weighted by atomic mass is 32.2. The number of nitrogens with two attached hydrogens (primary N) is 1. The Bertz CT molecular complexity index is 1630. The van der Waals surface area contributed by atoms with Crippen molar-refractivity contribution in [1.82, 2.24) is 9.88 Å². The first-order valence-corrected chi connectivity index (χ1v) is 14.4. The summed E-state index contributed by atoms with van der Waals surface area (Å²) in [7, 11) is 0. The Labute approximate surface area is 252 Å². The largest absolute Gasteiger partial charge is 0.452 e. The monoisotopic (exact) mass is 604 g/mol. The zero-order valence-electron chi connectivity index (χ0n) is 23.4. The number of hydrogen-bond donors (Lipinski definition) is 3. The molecule has 0 fully saturated rings. The molecule has 9 nitrogen and oxygen atoms in total. The van der Waals surface area contributed by atoms with E-state index in [-0.39, 0.29) is 34.8 Å². The third-order valence-corrected chi connectivity index (χ3v) is 7.62. The highest BCUT2D eigenvalue weighted by Crippen LogP contribution is 2.35. The van der Waals surface area contributed by atoms with Crippen molar-refractivity contribution in [2.75, 3.05) is 16.0 Å². The number of thioether (sulfide) groups is 1. The summed E-state index contributed by atoms with van der Waals surface area (Å²) in [6.07, 6.45) is 4.87. The SMILES string of the molecule is C=C1C(C(=O)Nc2ccc(Oc3cc(C4CSC=N4)cnc3C=CN)c(F)c2)=CN(C(C)C)C(O)N1c1ccc(F)cc1. The van der Waals surface area contributed by atoms with Crippen LogP contribution < -0.4 is 20.7 Å². The van der Waals surface area contributed by atoms with E-state index < -0.39 is 23.9 Å². The summed E-state index contributed by atoms with van der Waals surface area (Å²) in [5.41, 5.74) is 9.53. The Morgan fingerprint density at radius 2 is 1.98 bits per heavy atom. The Morgan fingerprint density at radius 3 is 2.63 bits per heavy atom. The van der Waals surface area contributed by atoms with Crippen LogP contribution in [-0.4, -0.2) is 44.6 Å². The molecule has 0 bridgehead atoms. The molecule has 2 aromatic carbocycles. The Kier molecular flexibility index (Phi) is 8.78. The molecule has 0 saturated carbocycles. The molecule has 3 heterocycles. The van der Waals surface area contributed by atoms with Gasteiger partial charge < -0.3 is 25.8 Å². The predicted molar refractivity (Wildman–Crippen MR) is 165 cm³/mol. The number of aliphatic hydroxyl groups is 1. The number of aliphatic hydroxyl groups excluding tert-OH is 1. The summed E-state index contributed by atoms with van der Waals surface area (Å²) in [6.45, 7) is 7.71. The lowest BCUT2D eigenvalue weighted by molar-refractivity contribution is -0.113.